The second-order valence-electron chi connectivity index (χ2n) is 7.67. The maximum absolute atomic E-state index is 5.77. The molecule has 0 radical (unpaired) electrons. The summed E-state index contributed by atoms with van der Waals surface area (Å²) < 4.78 is 66.7. The molecule has 0 aliphatic carbocycles. The van der Waals surface area contributed by atoms with Gasteiger partial charge in [-0.2, -0.15) is 0 Å². The predicted molar refractivity (Wildman–Crippen MR) is 117 cm³/mol. The molecule has 0 aromatic rings. The summed E-state index contributed by atoms with van der Waals surface area (Å²) in [4.78, 5) is 0. The highest BCUT2D eigenvalue weighted by molar-refractivity contribution is 7.42. The van der Waals surface area contributed by atoms with Gasteiger partial charge in [0.05, 0.1) is 31.8 Å². The fraction of sp³-hybridized carbons (Fsp3) is 1.00. The molecule has 0 aromatic heterocycles. The van der Waals surface area contributed by atoms with Crippen LogP contribution in [0.15, 0.2) is 0 Å². The summed E-state index contributed by atoms with van der Waals surface area (Å²) in [5.74, 6) is 0. The molecule has 2 fully saturated rings. The van der Waals surface area contributed by atoms with Crippen molar-refractivity contribution in [1.82, 2.24) is 0 Å². The van der Waals surface area contributed by atoms with Crippen LogP contribution in [0, 0.1) is 5.41 Å². The molecule has 2 heterocycles. The Kier molecular flexibility index (Phi) is 13.3. The molecule has 2 saturated heterocycles. The maximum atomic E-state index is 5.77. The van der Waals surface area contributed by atoms with Gasteiger partial charge in [-0.1, -0.05) is 0 Å². The third kappa shape index (κ3) is 10.9. The van der Waals surface area contributed by atoms with Crippen LogP contribution in [0.2, 0.25) is 0 Å². The van der Waals surface area contributed by atoms with E-state index >= 15 is 0 Å². The lowest BCUT2D eigenvalue weighted by atomic mass is 9.93. The quantitative estimate of drug-likeness (QED) is 0.244. The first-order valence-electron chi connectivity index (χ1n) is 10.8. The molecule has 1 spiro atoms. The highest BCUT2D eigenvalue weighted by Gasteiger charge is 2.44. The van der Waals surface area contributed by atoms with Gasteiger partial charge in [-0.3, -0.25) is 9.05 Å². The number of methoxy groups -OCH3 is 2. The Labute approximate surface area is 198 Å². The Morgan fingerprint density at radius 3 is 1.12 bits per heavy atom. The maximum Gasteiger partial charge on any atom is 0.335 e. The van der Waals surface area contributed by atoms with E-state index in [4.69, 9.17) is 55.6 Å². The van der Waals surface area contributed by atoms with Gasteiger partial charge >= 0.3 is 17.2 Å². The standard InChI is InChI=1S/C19H38O12P2/c1-13(20-7)26-15(3)28-17(5)30-32-22-9-19(10-23-32)11-24-33(25-12-19)31-18(6)29-16(4)27-14(2)21-8/h13-18H,9-12H2,1-8H3. The van der Waals surface area contributed by atoms with Crippen molar-refractivity contribution < 1.29 is 55.6 Å². The molecule has 6 unspecified atom stereocenters. The van der Waals surface area contributed by atoms with Crippen LogP contribution in [0.4, 0.5) is 0 Å². The predicted octanol–water partition coefficient (Wildman–Crippen LogP) is 3.99. The summed E-state index contributed by atoms with van der Waals surface area (Å²) in [5, 5.41) is 0. The van der Waals surface area contributed by atoms with E-state index in [2.05, 4.69) is 0 Å². The molecular formula is C19H38O12P2. The van der Waals surface area contributed by atoms with Gasteiger partial charge in [0.15, 0.2) is 37.7 Å². The molecule has 2 aliphatic rings. The Hall–Kier alpha value is 0.380. The molecule has 6 atom stereocenters. The van der Waals surface area contributed by atoms with Gasteiger partial charge in [0.25, 0.3) is 0 Å². The van der Waals surface area contributed by atoms with Gasteiger partial charge < -0.3 is 46.5 Å². The van der Waals surface area contributed by atoms with Crippen LogP contribution in [-0.4, -0.2) is 78.4 Å². The first kappa shape index (κ1) is 29.6. The van der Waals surface area contributed by atoms with E-state index in [9.17, 15) is 0 Å². The lowest BCUT2D eigenvalue weighted by Crippen LogP contribution is -2.45. The molecule has 0 amide bonds. The Balaban J connectivity index is 1.64. The number of hydrogen-bond acceptors (Lipinski definition) is 12. The SMILES string of the molecule is COC(C)OC(C)OC(C)OP1OCC2(CO1)COP(OC(C)OC(C)OC(C)OC)OC2. The molecule has 12 nitrogen and oxygen atoms in total. The fourth-order valence-corrected chi connectivity index (χ4v) is 5.25. The van der Waals surface area contributed by atoms with Crippen LogP contribution < -0.4 is 0 Å². The van der Waals surface area contributed by atoms with Crippen molar-refractivity contribution >= 4 is 17.2 Å². The first-order chi connectivity index (χ1) is 15.6. The number of rotatable bonds is 14. The van der Waals surface area contributed by atoms with Gasteiger partial charge in [-0.25, -0.2) is 0 Å². The van der Waals surface area contributed by atoms with Crippen LogP contribution in [0.5, 0.6) is 0 Å². The monoisotopic (exact) mass is 520 g/mol. The summed E-state index contributed by atoms with van der Waals surface area (Å²) in [5.41, 5.74) is -0.423. The van der Waals surface area contributed by atoms with Gasteiger partial charge in [0, 0.05) is 14.2 Å². The van der Waals surface area contributed by atoms with Crippen molar-refractivity contribution in [3.05, 3.63) is 0 Å². The Morgan fingerprint density at radius 2 is 0.818 bits per heavy atom. The van der Waals surface area contributed by atoms with Crippen molar-refractivity contribution in [2.45, 2.75) is 79.3 Å². The van der Waals surface area contributed by atoms with Gasteiger partial charge in [0.1, 0.15) is 0 Å². The van der Waals surface area contributed by atoms with E-state index in [0.29, 0.717) is 26.4 Å². The summed E-state index contributed by atoms with van der Waals surface area (Å²) in [6.07, 6.45) is -2.94. The zero-order valence-electron chi connectivity index (χ0n) is 20.6. The van der Waals surface area contributed by atoms with Crippen LogP contribution in [0.3, 0.4) is 0 Å². The van der Waals surface area contributed by atoms with E-state index in [-0.39, 0.29) is 12.6 Å². The second-order valence-corrected chi connectivity index (χ2v) is 10.0. The minimum absolute atomic E-state index is 0.368. The molecule has 14 heteroatoms. The zero-order chi connectivity index (χ0) is 24.4. The van der Waals surface area contributed by atoms with Crippen LogP contribution in [-0.2, 0) is 55.6 Å². The average molecular weight is 520 g/mol. The molecular weight excluding hydrogens is 482 g/mol. The van der Waals surface area contributed by atoms with Crippen LogP contribution in [0.25, 0.3) is 0 Å². The minimum Gasteiger partial charge on any atom is -0.356 e. The van der Waals surface area contributed by atoms with E-state index in [1.807, 2.05) is 0 Å². The topological polar surface area (TPSA) is 111 Å². The zero-order valence-corrected chi connectivity index (χ0v) is 22.4. The van der Waals surface area contributed by atoms with Crippen molar-refractivity contribution in [1.29, 1.82) is 0 Å². The molecule has 0 bridgehead atoms. The normalized spacial score (nSPS) is 31.6. The fourth-order valence-electron chi connectivity index (χ4n) is 2.75. The number of hydrogen-bond donors (Lipinski definition) is 0. The van der Waals surface area contributed by atoms with E-state index in [0.717, 1.165) is 0 Å². The van der Waals surface area contributed by atoms with E-state index in [1.54, 1.807) is 55.8 Å². The van der Waals surface area contributed by atoms with Gasteiger partial charge in [-0.05, 0) is 41.5 Å². The first-order valence-corrected chi connectivity index (χ1v) is 13.0. The third-order valence-electron chi connectivity index (χ3n) is 4.57. The minimum atomic E-state index is -1.55. The van der Waals surface area contributed by atoms with Crippen LogP contribution in [0.1, 0.15) is 41.5 Å². The Morgan fingerprint density at radius 1 is 0.515 bits per heavy atom. The van der Waals surface area contributed by atoms with Crippen molar-refractivity contribution in [3.63, 3.8) is 0 Å². The largest absolute Gasteiger partial charge is 0.356 e. The summed E-state index contributed by atoms with van der Waals surface area (Å²) in [6.45, 7) is 12.0. The molecule has 0 aromatic carbocycles. The molecule has 33 heavy (non-hydrogen) atoms. The summed E-state index contributed by atoms with van der Waals surface area (Å²) in [6, 6.07) is 0. The molecule has 0 saturated carbocycles. The molecule has 2 rings (SSSR count). The van der Waals surface area contributed by atoms with Crippen LogP contribution >= 0.6 is 17.2 Å². The van der Waals surface area contributed by atoms with E-state index in [1.165, 1.54) is 0 Å². The molecule has 2 aliphatic heterocycles. The van der Waals surface area contributed by atoms with Crippen molar-refractivity contribution in [2.75, 3.05) is 40.6 Å². The second kappa shape index (κ2) is 14.8. The van der Waals surface area contributed by atoms with E-state index < -0.39 is 47.8 Å². The molecule has 196 valence electrons. The summed E-state index contributed by atoms with van der Waals surface area (Å²) >= 11 is 0. The molecule has 0 N–H and O–H groups in total. The Bertz CT molecular complexity index is 481. The highest BCUT2D eigenvalue weighted by atomic mass is 31.2. The van der Waals surface area contributed by atoms with Gasteiger partial charge in [-0.15, -0.1) is 0 Å². The summed E-state index contributed by atoms with van der Waals surface area (Å²) in [7, 11) is 0.00984. The van der Waals surface area contributed by atoms with Crippen molar-refractivity contribution in [2.24, 2.45) is 5.41 Å². The third-order valence-corrected chi connectivity index (χ3v) is 6.87. The lowest BCUT2D eigenvalue weighted by molar-refractivity contribution is -0.262. The van der Waals surface area contributed by atoms with Gasteiger partial charge in [0.2, 0.25) is 0 Å². The smallest absolute Gasteiger partial charge is 0.335 e. The average Bonchev–Trinajstić information content (AvgIpc) is 2.76. The van der Waals surface area contributed by atoms with Crippen molar-refractivity contribution in [3.8, 4) is 0 Å². The highest BCUT2D eigenvalue weighted by Crippen LogP contribution is 2.53. The lowest BCUT2D eigenvalue weighted by Gasteiger charge is -2.42. The number of ether oxygens (including phenoxy) is 6.